The number of aryl methyl sites for hydroxylation is 1. The molecule has 0 spiro atoms. The van der Waals surface area contributed by atoms with E-state index in [0.29, 0.717) is 53.8 Å². The van der Waals surface area contributed by atoms with Crippen molar-refractivity contribution in [2.24, 2.45) is 7.05 Å². The van der Waals surface area contributed by atoms with Gasteiger partial charge in [-0.1, -0.05) is 11.8 Å². The standard InChI is InChI=1S/C19H22N6O4S/c1-4-25-17(13-10-24(2)23-18(13)27-3)21-22-19(25)30-11-16(26)20-12-5-6-14-15(9-12)29-8-7-28-14/h5-6,9-10H,4,7-8,11H2,1-3H3,(H,20,26). The molecule has 1 aromatic carbocycles. The Morgan fingerprint density at radius 3 is 2.83 bits per heavy atom. The number of hydrogen-bond donors (Lipinski definition) is 1. The first-order chi connectivity index (χ1) is 14.6. The number of carbonyl (C=O) groups excluding carboxylic acids is 1. The molecule has 0 saturated heterocycles. The van der Waals surface area contributed by atoms with E-state index >= 15 is 0 Å². The third kappa shape index (κ3) is 4.06. The molecule has 3 heterocycles. The second-order valence-electron chi connectivity index (χ2n) is 6.47. The molecule has 2 aromatic heterocycles. The first-order valence-corrected chi connectivity index (χ1v) is 10.4. The van der Waals surface area contributed by atoms with Crippen LogP contribution in [0.1, 0.15) is 6.92 Å². The Kier molecular flexibility index (Phi) is 5.79. The molecule has 30 heavy (non-hydrogen) atoms. The van der Waals surface area contributed by atoms with Crippen LogP contribution in [0.2, 0.25) is 0 Å². The summed E-state index contributed by atoms with van der Waals surface area (Å²) >= 11 is 1.32. The summed E-state index contributed by atoms with van der Waals surface area (Å²) in [7, 11) is 3.38. The van der Waals surface area contributed by atoms with Gasteiger partial charge >= 0.3 is 0 Å². The van der Waals surface area contributed by atoms with Crippen molar-refractivity contribution >= 4 is 23.4 Å². The van der Waals surface area contributed by atoms with Gasteiger partial charge in [-0.2, -0.15) is 0 Å². The minimum atomic E-state index is -0.150. The molecule has 10 nitrogen and oxygen atoms in total. The average Bonchev–Trinajstić information content (AvgIpc) is 3.34. The van der Waals surface area contributed by atoms with E-state index in [0.717, 1.165) is 5.56 Å². The van der Waals surface area contributed by atoms with Gasteiger partial charge in [-0.25, -0.2) is 0 Å². The van der Waals surface area contributed by atoms with Gasteiger partial charge < -0.3 is 24.1 Å². The average molecular weight is 430 g/mol. The maximum absolute atomic E-state index is 12.4. The van der Waals surface area contributed by atoms with Gasteiger partial charge in [0.2, 0.25) is 11.8 Å². The number of anilines is 1. The monoisotopic (exact) mass is 430 g/mol. The molecule has 0 fully saturated rings. The van der Waals surface area contributed by atoms with Crippen LogP contribution >= 0.6 is 11.8 Å². The quantitative estimate of drug-likeness (QED) is 0.569. The zero-order chi connectivity index (χ0) is 21.1. The highest BCUT2D eigenvalue weighted by Crippen LogP contribution is 2.33. The number of nitrogens with zero attached hydrogens (tertiary/aromatic N) is 5. The number of thioether (sulfide) groups is 1. The molecule has 11 heteroatoms. The van der Waals surface area contributed by atoms with Crippen molar-refractivity contribution in [3.63, 3.8) is 0 Å². The molecule has 0 atom stereocenters. The maximum Gasteiger partial charge on any atom is 0.243 e. The number of ether oxygens (including phenoxy) is 3. The van der Waals surface area contributed by atoms with E-state index in [9.17, 15) is 4.79 Å². The van der Waals surface area contributed by atoms with Crippen LogP contribution in [0.4, 0.5) is 5.69 Å². The number of amides is 1. The topological polar surface area (TPSA) is 105 Å². The lowest BCUT2D eigenvalue weighted by atomic mass is 10.2. The van der Waals surface area contributed by atoms with Crippen molar-refractivity contribution in [3.05, 3.63) is 24.4 Å². The molecule has 0 radical (unpaired) electrons. The number of rotatable bonds is 7. The first-order valence-electron chi connectivity index (χ1n) is 9.42. The SMILES string of the molecule is CCn1c(SCC(=O)Nc2ccc3c(c2)OCCO3)nnc1-c1cn(C)nc1OC. The van der Waals surface area contributed by atoms with Crippen LogP contribution in [0.5, 0.6) is 17.4 Å². The van der Waals surface area contributed by atoms with Gasteiger partial charge in [-0.15, -0.1) is 15.3 Å². The molecule has 1 N–H and O–H groups in total. The van der Waals surface area contributed by atoms with Gasteiger partial charge in [0.25, 0.3) is 0 Å². The van der Waals surface area contributed by atoms with Crippen LogP contribution in [-0.2, 0) is 18.4 Å². The Bertz CT molecular complexity index is 1060. The Hall–Kier alpha value is -3.21. The van der Waals surface area contributed by atoms with E-state index in [1.807, 2.05) is 24.7 Å². The third-order valence-corrected chi connectivity index (χ3v) is 5.39. The molecule has 0 saturated carbocycles. The van der Waals surface area contributed by atoms with Gasteiger partial charge in [0.1, 0.15) is 18.8 Å². The minimum absolute atomic E-state index is 0.150. The lowest BCUT2D eigenvalue weighted by Gasteiger charge is -2.19. The van der Waals surface area contributed by atoms with Crippen molar-refractivity contribution in [1.82, 2.24) is 24.5 Å². The van der Waals surface area contributed by atoms with Crippen LogP contribution in [0.15, 0.2) is 29.6 Å². The van der Waals surface area contributed by atoms with Gasteiger partial charge in [0.15, 0.2) is 22.5 Å². The van der Waals surface area contributed by atoms with E-state index in [4.69, 9.17) is 14.2 Å². The molecule has 4 rings (SSSR count). The zero-order valence-corrected chi connectivity index (χ0v) is 17.7. The highest BCUT2D eigenvalue weighted by molar-refractivity contribution is 7.99. The number of aromatic nitrogens is 5. The van der Waals surface area contributed by atoms with Gasteiger partial charge in [-0.05, 0) is 19.1 Å². The normalized spacial score (nSPS) is 12.6. The van der Waals surface area contributed by atoms with Crippen molar-refractivity contribution in [2.45, 2.75) is 18.6 Å². The zero-order valence-electron chi connectivity index (χ0n) is 16.9. The largest absolute Gasteiger partial charge is 0.486 e. The molecule has 1 aliphatic heterocycles. The summed E-state index contributed by atoms with van der Waals surface area (Å²) in [6.07, 6.45) is 1.83. The lowest BCUT2D eigenvalue weighted by Crippen LogP contribution is -2.17. The highest BCUT2D eigenvalue weighted by Gasteiger charge is 2.20. The fourth-order valence-electron chi connectivity index (χ4n) is 3.10. The van der Waals surface area contributed by atoms with Crippen LogP contribution in [-0.4, -0.2) is 56.5 Å². The van der Waals surface area contributed by atoms with E-state index in [2.05, 4.69) is 20.6 Å². The molecule has 0 aliphatic carbocycles. The van der Waals surface area contributed by atoms with Gasteiger partial charge in [-0.3, -0.25) is 9.48 Å². The third-order valence-electron chi connectivity index (χ3n) is 4.42. The molecule has 0 unspecified atom stereocenters. The molecule has 1 aliphatic rings. The van der Waals surface area contributed by atoms with Crippen molar-refractivity contribution < 1.29 is 19.0 Å². The predicted molar refractivity (Wildman–Crippen MR) is 111 cm³/mol. The second-order valence-corrected chi connectivity index (χ2v) is 7.41. The van der Waals surface area contributed by atoms with Crippen molar-refractivity contribution in [1.29, 1.82) is 0 Å². The van der Waals surface area contributed by atoms with Gasteiger partial charge in [0.05, 0.1) is 12.9 Å². The van der Waals surface area contributed by atoms with E-state index < -0.39 is 0 Å². The van der Waals surface area contributed by atoms with Crippen LogP contribution < -0.4 is 19.5 Å². The summed E-state index contributed by atoms with van der Waals surface area (Å²) in [5.41, 5.74) is 1.41. The number of carbonyl (C=O) groups is 1. The summed E-state index contributed by atoms with van der Waals surface area (Å²) in [4.78, 5) is 12.4. The summed E-state index contributed by atoms with van der Waals surface area (Å²) in [5, 5.41) is 16.3. The summed E-state index contributed by atoms with van der Waals surface area (Å²) in [5.74, 6) is 2.49. The number of hydrogen-bond acceptors (Lipinski definition) is 8. The number of fused-ring (bicyclic) bond motifs is 1. The van der Waals surface area contributed by atoms with Gasteiger partial charge in [0, 0.05) is 31.5 Å². The van der Waals surface area contributed by atoms with Crippen molar-refractivity contribution in [2.75, 3.05) is 31.4 Å². The Labute approximate surface area is 177 Å². The van der Waals surface area contributed by atoms with Crippen LogP contribution in [0.25, 0.3) is 11.4 Å². The molecule has 1 amide bonds. The minimum Gasteiger partial charge on any atom is -0.486 e. The summed E-state index contributed by atoms with van der Waals surface area (Å²) in [6, 6.07) is 5.34. The lowest BCUT2D eigenvalue weighted by molar-refractivity contribution is -0.113. The fraction of sp³-hybridized carbons (Fsp3) is 0.368. The molecule has 0 bridgehead atoms. The molecular weight excluding hydrogens is 408 g/mol. The summed E-state index contributed by atoms with van der Waals surface area (Å²) in [6.45, 7) is 3.67. The number of benzene rings is 1. The Balaban J connectivity index is 1.43. The smallest absolute Gasteiger partial charge is 0.243 e. The highest BCUT2D eigenvalue weighted by atomic mass is 32.2. The molecule has 158 valence electrons. The van der Waals surface area contributed by atoms with E-state index in [1.165, 1.54) is 11.8 Å². The number of nitrogens with one attached hydrogen (secondary N) is 1. The Morgan fingerprint density at radius 2 is 2.07 bits per heavy atom. The predicted octanol–water partition coefficient (Wildman–Crippen LogP) is 2.21. The van der Waals surface area contributed by atoms with Crippen LogP contribution in [0.3, 0.4) is 0 Å². The number of methoxy groups -OCH3 is 1. The van der Waals surface area contributed by atoms with E-state index in [1.54, 1.807) is 30.0 Å². The molecular formula is C19H22N6O4S. The second kappa shape index (κ2) is 8.66. The fourth-order valence-corrected chi connectivity index (χ4v) is 3.90. The van der Waals surface area contributed by atoms with E-state index in [-0.39, 0.29) is 11.7 Å². The van der Waals surface area contributed by atoms with Crippen LogP contribution in [0, 0.1) is 0 Å². The summed E-state index contributed by atoms with van der Waals surface area (Å²) < 4.78 is 20.0. The van der Waals surface area contributed by atoms with Crippen molar-refractivity contribution in [3.8, 4) is 28.8 Å². The molecule has 3 aromatic rings. The first kappa shape index (κ1) is 20.1. The Morgan fingerprint density at radius 1 is 1.27 bits per heavy atom. The maximum atomic E-state index is 12.4.